The van der Waals surface area contributed by atoms with Crippen LogP contribution in [-0.4, -0.2) is 26.7 Å². The first-order chi connectivity index (χ1) is 17.1. The fourth-order valence-corrected chi connectivity index (χ4v) is 4.14. The van der Waals surface area contributed by atoms with E-state index in [-0.39, 0.29) is 17.9 Å². The van der Waals surface area contributed by atoms with Crippen molar-refractivity contribution in [2.75, 3.05) is 0 Å². The van der Waals surface area contributed by atoms with E-state index in [1.807, 2.05) is 42.5 Å². The number of amides is 1. The van der Waals surface area contributed by atoms with Crippen molar-refractivity contribution in [2.45, 2.75) is 19.2 Å². The number of furan rings is 1. The van der Waals surface area contributed by atoms with Crippen LogP contribution < -0.4 is 4.74 Å². The monoisotopic (exact) mass is 466 g/mol. The lowest BCUT2D eigenvalue weighted by Crippen LogP contribution is -2.30. The Morgan fingerprint density at radius 3 is 2.57 bits per heavy atom. The summed E-state index contributed by atoms with van der Waals surface area (Å²) in [5.74, 6) is -1.14. The number of ether oxygens (including phenoxy) is 1. The second kappa shape index (κ2) is 9.69. The first-order valence-electron chi connectivity index (χ1n) is 11.1. The summed E-state index contributed by atoms with van der Waals surface area (Å²) in [4.78, 5) is 32.0. The number of rotatable bonds is 8. The normalized spacial score (nSPS) is 15.5. The van der Waals surface area contributed by atoms with Crippen LogP contribution in [0.1, 0.15) is 33.3 Å². The van der Waals surface area contributed by atoms with E-state index >= 15 is 0 Å². The van der Waals surface area contributed by atoms with Gasteiger partial charge in [-0.1, -0.05) is 48.5 Å². The number of carbonyl (C=O) groups excluding carboxylic acids is 2. The maximum atomic E-state index is 13.3. The maximum absolute atomic E-state index is 13.3. The molecule has 174 valence electrons. The predicted molar refractivity (Wildman–Crippen MR) is 127 cm³/mol. The van der Waals surface area contributed by atoms with Gasteiger partial charge >= 0.3 is 0 Å². The largest absolute Gasteiger partial charge is 0.503 e. The molecule has 7 nitrogen and oxygen atoms in total. The van der Waals surface area contributed by atoms with Crippen LogP contribution in [0, 0.1) is 0 Å². The van der Waals surface area contributed by atoms with Gasteiger partial charge in [0, 0.05) is 18.9 Å². The average molecular weight is 466 g/mol. The third-order valence-electron chi connectivity index (χ3n) is 5.79. The first kappa shape index (κ1) is 22.2. The molecule has 1 N–H and O–H groups in total. The lowest BCUT2D eigenvalue weighted by Gasteiger charge is -2.27. The predicted octanol–water partition coefficient (Wildman–Crippen LogP) is 5.03. The minimum absolute atomic E-state index is 0.0333. The van der Waals surface area contributed by atoms with Gasteiger partial charge < -0.3 is 19.2 Å². The summed E-state index contributed by atoms with van der Waals surface area (Å²) in [5.41, 5.74) is 2.38. The van der Waals surface area contributed by atoms with E-state index in [9.17, 15) is 14.7 Å². The van der Waals surface area contributed by atoms with E-state index in [4.69, 9.17) is 9.15 Å². The maximum Gasteiger partial charge on any atom is 0.290 e. The van der Waals surface area contributed by atoms with Crippen LogP contribution in [0.5, 0.6) is 5.75 Å². The topological polar surface area (TPSA) is 92.9 Å². The first-order valence-corrected chi connectivity index (χ1v) is 11.1. The van der Waals surface area contributed by atoms with Crippen LogP contribution in [0.25, 0.3) is 0 Å². The molecular weight excluding hydrogens is 444 g/mol. The van der Waals surface area contributed by atoms with Gasteiger partial charge in [-0.25, -0.2) is 0 Å². The molecule has 1 atom stereocenters. The van der Waals surface area contributed by atoms with Crippen molar-refractivity contribution >= 4 is 11.7 Å². The number of aliphatic hydroxyl groups excluding tert-OH is 1. The summed E-state index contributed by atoms with van der Waals surface area (Å²) >= 11 is 0. The molecule has 2 aromatic carbocycles. The van der Waals surface area contributed by atoms with Gasteiger partial charge in [0.2, 0.25) is 5.78 Å². The quantitative estimate of drug-likeness (QED) is 0.366. The summed E-state index contributed by atoms with van der Waals surface area (Å²) < 4.78 is 11.3. The van der Waals surface area contributed by atoms with Crippen LogP contribution in [-0.2, 0) is 17.9 Å². The van der Waals surface area contributed by atoms with E-state index in [1.54, 1.807) is 42.7 Å². The van der Waals surface area contributed by atoms with Crippen molar-refractivity contribution in [3.05, 3.63) is 131 Å². The summed E-state index contributed by atoms with van der Waals surface area (Å²) in [6.45, 7) is 0.526. The third-order valence-corrected chi connectivity index (χ3v) is 5.79. The molecule has 7 heteroatoms. The van der Waals surface area contributed by atoms with E-state index in [2.05, 4.69) is 4.98 Å². The highest BCUT2D eigenvalue weighted by Crippen LogP contribution is 2.40. The van der Waals surface area contributed by atoms with E-state index in [1.165, 1.54) is 17.2 Å². The lowest BCUT2D eigenvalue weighted by atomic mass is 9.94. The van der Waals surface area contributed by atoms with Crippen LogP contribution >= 0.6 is 0 Å². The van der Waals surface area contributed by atoms with Crippen molar-refractivity contribution in [3.8, 4) is 5.75 Å². The molecule has 4 aromatic rings. The van der Waals surface area contributed by atoms with Gasteiger partial charge in [-0.15, -0.1) is 0 Å². The number of hydrogen-bond acceptors (Lipinski definition) is 6. The molecule has 0 aliphatic carbocycles. The van der Waals surface area contributed by atoms with Crippen LogP contribution in [0.3, 0.4) is 0 Å². The number of aromatic nitrogens is 1. The summed E-state index contributed by atoms with van der Waals surface area (Å²) in [6, 6.07) is 22.8. The van der Waals surface area contributed by atoms with Gasteiger partial charge in [-0.05, 0) is 47.0 Å². The molecular formula is C28H22N2O5. The Labute approximate surface area is 201 Å². The number of hydrogen-bond donors (Lipinski definition) is 1. The summed E-state index contributed by atoms with van der Waals surface area (Å²) in [5, 5.41) is 10.8. The van der Waals surface area contributed by atoms with Crippen molar-refractivity contribution in [1.29, 1.82) is 0 Å². The number of pyridine rings is 1. The highest BCUT2D eigenvalue weighted by molar-refractivity contribution is 6.15. The highest BCUT2D eigenvalue weighted by atomic mass is 16.5. The molecule has 0 saturated heterocycles. The van der Waals surface area contributed by atoms with Gasteiger partial charge in [0.25, 0.3) is 5.91 Å². The number of carbonyl (C=O) groups is 2. The van der Waals surface area contributed by atoms with Crippen LogP contribution in [0.4, 0.5) is 0 Å². The highest BCUT2D eigenvalue weighted by Gasteiger charge is 2.44. The van der Waals surface area contributed by atoms with Crippen molar-refractivity contribution < 1.29 is 23.8 Å². The Morgan fingerprint density at radius 1 is 1.00 bits per heavy atom. The Hall–Kier alpha value is -4.65. The summed E-state index contributed by atoms with van der Waals surface area (Å²) in [6.07, 6.45) is 4.66. The second-order valence-corrected chi connectivity index (χ2v) is 8.11. The number of nitrogens with zero attached hydrogens (tertiary/aromatic N) is 2. The van der Waals surface area contributed by atoms with E-state index in [0.29, 0.717) is 17.9 Å². The molecule has 1 aliphatic rings. The fourth-order valence-electron chi connectivity index (χ4n) is 4.14. The molecule has 0 radical (unpaired) electrons. The molecule has 35 heavy (non-hydrogen) atoms. The molecule has 0 fully saturated rings. The lowest BCUT2D eigenvalue weighted by molar-refractivity contribution is -0.130. The molecule has 5 rings (SSSR count). The Kier molecular flexibility index (Phi) is 6.13. The molecule has 1 unspecified atom stereocenters. The molecule has 1 amide bonds. The molecule has 3 heterocycles. The van der Waals surface area contributed by atoms with Crippen LogP contribution in [0.15, 0.2) is 113 Å². The molecule has 0 bridgehead atoms. The van der Waals surface area contributed by atoms with Gasteiger partial charge in [-0.2, -0.15) is 0 Å². The Bertz CT molecular complexity index is 1370. The minimum Gasteiger partial charge on any atom is -0.503 e. The van der Waals surface area contributed by atoms with E-state index in [0.717, 1.165) is 11.1 Å². The Balaban J connectivity index is 1.51. The SMILES string of the molecule is O=C(C1=C(O)C(=O)N(Cc2cccnc2)C1c1cccc(OCc2ccccc2)c1)c1ccco1. The third kappa shape index (κ3) is 4.56. The van der Waals surface area contributed by atoms with Crippen molar-refractivity contribution in [3.63, 3.8) is 0 Å². The minimum atomic E-state index is -0.833. The van der Waals surface area contributed by atoms with Crippen molar-refractivity contribution in [1.82, 2.24) is 9.88 Å². The Morgan fingerprint density at radius 2 is 1.83 bits per heavy atom. The van der Waals surface area contributed by atoms with Gasteiger partial charge in [-0.3, -0.25) is 14.6 Å². The smallest absolute Gasteiger partial charge is 0.290 e. The van der Waals surface area contributed by atoms with E-state index < -0.39 is 23.5 Å². The van der Waals surface area contributed by atoms with Crippen LogP contribution in [0.2, 0.25) is 0 Å². The molecule has 2 aromatic heterocycles. The zero-order chi connectivity index (χ0) is 24.2. The molecule has 0 spiro atoms. The van der Waals surface area contributed by atoms with Gasteiger partial charge in [0.15, 0.2) is 11.5 Å². The fraction of sp³-hybridized carbons (Fsp3) is 0.107. The van der Waals surface area contributed by atoms with Crippen molar-refractivity contribution in [2.24, 2.45) is 0 Å². The summed E-state index contributed by atoms with van der Waals surface area (Å²) in [7, 11) is 0. The zero-order valence-electron chi connectivity index (χ0n) is 18.7. The number of aliphatic hydroxyl groups is 1. The standard InChI is InChI=1S/C28H22N2O5/c31-26(23-12-6-14-34-23)24-25(30(28(33)27(24)32)17-20-9-5-13-29-16-20)21-10-4-11-22(15-21)35-18-19-7-2-1-3-8-19/h1-16,25,32H,17-18H2. The number of Topliss-reactive ketones (excluding diaryl/α,β-unsaturated/α-hetero) is 1. The number of ketones is 1. The van der Waals surface area contributed by atoms with Gasteiger partial charge in [0.1, 0.15) is 12.4 Å². The molecule has 0 saturated carbocycles. The molecule has 1 aliphatic heterocycles. The zero-order valence-corrected chi connectivity index (χ0v) is 18.7. The average Bonchev–Trinajstić information content (AvgIpc) is 3.52. The van der Waals surface area contributed by atoms with Gasteiger partial charge in [0.05, 0.1) is 17.9 Å². The number of benzene rings is 2. The second-order valence-electron chi connectivity index (χ2n) is 8.11.